The van der Waals surface area contributed by atoms with Crippen molar-refractivity contribution in [1.82, 2.24) is 4.57 Å². The van der Waals surface area contributed by atoms with Crippen molar-refractivity contribution < 1.29 is 4.79 Å². The molecule has 0 aliphatic carbocycles. The van der Waals surface area contributed by atoms with Crippen molar-refractivity contribution in [3.8, 4) is 0 Å². The smallest absolute Gasteiger partial charge is 0.256 e. The second-order valence-corrected chi connectivity index (χ2v) is 5.09. The predicted molar refractivity (Wildman–Crippen MR) is 82.9 cm³/mol. The van der Waals surface area contributed by atoms with Crippen LogP contribution in [-0.2, 0) is 6.54 Å². The van der Waals surface area contributed by atoms with Crippen molar-refractivity contribution in [1.29, 1.82) is 0 Å². The summed E-state index contributed by atoms with van der Waals surface area (Å²) in [5.41, 5.74) is 7.09. The fraction of sp³-hybridized carbons (Fsp3) is 0.143. The Kier molecular flexibility index (Phi) is 4.24. The molecule has 0 saturated heterocycles. The monoisotopic (exact) mass is 335 g/mol. The number of nitrogen functional groups attached to an aromatic ring is 1. The van der Waals surface area contributed by atoms with Crippen LogP contribution in [0.25, 0.3) is 0 Å². The Balaban J connectivity index is 2.28. The molecular weight excluding hydrogens is 322 g/mol. The van der Waals surface area contributed by atoms with Gasteiger partial charge in [-0.25, -0.2) is 0 Å². The Labute approximate surface area is 124 Å². The zero-order valence-corrected chi connectivity index (χ0v) is 12.5. The van der Waals surface area contributed by atoms with Gasteiger partial charge in [-0.2, -0.15) is 0 Å². The third-order valence-corrected chi connectivity index (χ3v) is 3.51. The largest absolute Gasteiger partial charge is 0.399 e. The molecule has 1 heterocycles. The minimum Gasteiger partial charge on any atom is -0.399 e. The molecule has 104 valence electrons. The minimum atomic E-state index is -0.287. The summed E-state index contributed by atoms with van der Waals surface area (Å²) in [5, 5.41) is 2.74. The van der Waals surface area contributed by atoms with E-state index in [1.165, 1.54) is 10.6 Å². The standard InChI is InChI=1S/C14H14BrN3O2/c1-2-18-8-10(4-6-13(18)19)17-14(20)11-7-9(16)3-5-12(11)15/h3-8H,2,16H2,1H3,(H,17,20). The van der Waals surface area contributed by atoms with Crippen molar-refractivity contribution in [2.75, 3.05) is 11.1 Å². The van der Waals surface area contributed by atoms with E-state index in [1.807, 2.05) is 6.92 Å². The van der Waals surface area contributed by atoms with Gasteiger partial charge in [-0.05, 0) is 47.1 Å². The number of anilines is 2. The fourth-order valence-electron chi connectivity index (χ4n) is 1.77. The van der Waals surface area contributed by atoms with E-state index in [0.717, 1.165) is 0 Å². The molecule has 0 aliphatic heterocycles. The maximum absolute atomic E-state index is 12.2. The molecule has 0 aliphatic rings. The molecule has 0 unspecified atom stereocenters. The Morgan fingerprint density at radius 3 is 2.80 bits per heavy atom. The van der Waals surface area contributed by atoms with Crippen LogP contribution in [0.15, 0.2) is 45.8 Å². The van der Waals surface area contributed by atoms with Crippen LogP contribution in [-0.4, -0.2) is 10.5 Å². The van der Waals surface area contributed by atoms with Crippen LogP contribution in [0.1, 0.15) is 17.3 Å². The van der Waals surface area contributed by atoms with Gasteiger partial charge in [-0.3, -0.25) is 9.59 Å². The van der Waals surface area contributed by atoms with Crippen molar-refractivity contribution in [3.63, 3.8) is 0 Å². The average Bonchev–Trinajstić information content (AvgIpc) is 2.43. The third-order valence-electron chi connectivity index (χ3n) is 2.82. The molecule has 1 aromatic heterocycles. The van der Waals surface area contributed by atoms with Crippen LogP contribution < -0.4 is 16.6 Å². The Bertz CT molecular complexity index is 710. The lowest BCUT2D eigenvalue weighted by molar-refractivity contribution is 0.102. The first-order chi connectivity index (χ1) is 9.51. The van der Waals surface area contributed by atoms with Gasteiger partial charge in [0.1, 0.15) is 0 Å². The molecule has 0 atom stereocenters. The lowest BCUT2D eigenvalue weighted by atomic mass is 10.2. The molecule has 2 rings (SSSR count). The highest BCUT2D eigenvalue weighted by atomic mass is 79.9. The van der Waals surface area contributed by atoms with Gasteiger partial charge in [-0.1, -0.05) is 0 Å². The number of hydrogen-bond acceptors (Lipinski definition) is 3. The summed E-state index contributed by atoms with van der Waals surface area (Å²) < 4.78 is 2.18. The summed E-state index contributed by atoms with van der Waals surface area (Å²) in [6, 6.07) is 8.02. The summed E-state index contributed by atoms with van der Waals surface area (Å²) in [6.45, 7) is 2.41. The minimum absolute atomic E-state index is 0.101. The number of rotatable bonds is 3. The van der Waals surface area contributed by atoms with Gasteiger partial charge < -0.3 is 15.6 Å². The number of carbonyl (C=O) groups is 1. The zero-order chi connectivity index (χ0) is 14.7. The fourth-order valence-corrected chi connectivity index (χ4v) is 2.19. The Morgan fingerprint density at radius 2 is 2.10 bits per heavy atom. The first kappa shape index (κ1) is 14.3. The van der Waals surface area contributed by atoms with E-state index in [1.54, 1.807) is 30.5 Å². The summed E-state index contributed by atoms with van der Waals surface area (Å²) in [6.07, 6.45) is 1.61. The van der Waals surface area contributed by atoms with Crippen molar-refractivity contribution in [3.05, 3.63) is 56.9 Å². The molecular formula is C14H14BrN3O2. The molecule has 6 heteroatoms. The van der Waals surface area contributed by atoms with Crippen LogP contribution in [0.2, 0.25) is 0 Å². The topological polar surface area (TPSA) is 77.1 Å². The molecule has 0 fully saturated rings. The number of amides is 1. The van der Waals surface area contributed by atoms with Crippen LogP contribution in [0.5, 0.6) is 0 Å². The highest BCUT2D eigenvalue weighted by molar-refractivity contribution is 9.10. The number of nitrogens with one attached hydrogen (secondary N) is 1. The normalized spacial score (nSPS) is 10.3. The molecule has 0 saturated carbocycles. The lowest BCUT2D eigenvalue weighted by Gasteiger charge is -2.09. The number of carbonyl (C=O) groups excluding carboxylic acids is 1. The number of nitrogens with zero attached hydrogens (tertiary/aromatic N) is 1. The number of benzene rings is 1. The maximum atomic E-state index is 12.2. The highest BCUT2D eigenvalue weighted by Crippen LogP contribution is 2.20. The highest BCUT2D eigenvalue weighted by Gasteiger charge is 2.11. The van der Waals surface area contributed by atoms with E-state index < -0.39 is 0 Å². The first-order valence-electron chi connectivity index (χ1n) is 6.08. The second kappa shape index (κ2) is 5.92. The zero-order valence-electron chi connectivity index (χ0n) is 10.9. The Morgan fingerprint density at radius 1 is 1.35 bits per heavy atom. The summed E-state index contributed by atoms with van der Waals surface area (Å²) in [7, 11) is 0. The molecule has 1 aromatic carbocycles. The number of pyridine rings is 1. The third kappa shape index (κ3) is 3.08. The van der Waals surface area contributed by atoms with Crippen LogP contribution in [0.4, 0.5) is 11.4 Å². The number of hydrogen-bond donors (Lipinski definition) is 2. The summed E-state index contributed by atoms with van der Waals surface area (Å²) >= 11 is 3.31. The maximum Gasteiger partial charge on any atom is 0.256 e. The van der Waals surface area contributed by atoms with Crippen LogP contribution in [0.3, 0.4) is 0 Å². The van der Waals surface area contributed by atoms with Gasteiger partial charge in [0.15, 0.2) is 0 Å². The van der Waals surface area contributed by atoms with Gasteiger partial charge in [0, 0.05) is 29.0 Å². The van der Waals surface area contributed by atoms with E-state index >= 15 is 0 Å². The SMILES string of the molecule is CCn1cc(NC(=O)c2cc(N)ccc2Br)ccc1=O. The molecule has 5 nitrogen and oxygen atoms in total. The number of nitrogens with two attached hydrogens (primary N) is 1. The van der Waals surface area contributed by atoms with Gasteiger partial charge in [0.25, 0.3) is 11.5 Å². The van der Waals surface area contributed by atoms with E-state index in [9.17, 15) is 9.59 Å². The number of aromatic nitrogens is 1. The molecule has 20 heavy (non-hydrogen) atoms. The van der Waals surface area contributed by atoms with Gasteiger partial charge in [-0.15, -0.1) is 0 Å². The molecule has 3 N–H and O–H groups in total. The van der Waals surface area contributed by atoms with Gasteiger partial charge >= 0.3 is 0 Å². The van der Waals surface area contributed by atoms with Gasteiger partial charge in [0.2, 0.25) is 0 Å². The lowest BCUT2D eigenvalue weighted by Crippen LogP contribution is -2.20. The van der Waals surface area contributed by atoms with E-state index in [-0.39, 0.29) is 11.5 Å². The van der Waals surface area contributed by atoms with Crippen LogP contribution in [0, 0.1) is 0 Å². The van der Waals surface area contributed by atoms with E-state index in [0.29, 0.717) is 28.0 Å². The summed E-state index contributed by atoms with van der Waals surface area (Å²) in [4.78, 5) is 23.7. The van der Waals surface area contributed by atoms with Crippen molar-refractivity contribution >= 4 is 33.2 Å². The first-order valence-corrected chi connectivity index (χ1v) is 6.87. The number of aryl methyl sites for hydroxylation is 1. The molecule has 0 spiro atoms. The quantitative estimate of drug-likeness (QED) is 0.846. The van der Waals surface area contributed by atoms with Gasteiger partial charge in [0.05, 0.1) is 11.3 Å². The predicted octanol–water partition coefficient (Wildman–Crippen LogP) is 2.47. The molecule has 0 radical (unpaired) electrons. The summed E-state index contributed by atoms with van der Waals surface area (Å²) in [5.74, 6) is -0.287. The molecule has 1 amide bonds. The number of halogens is 1. The van der Waals surface area contributed by atoms with Crippen molar-refractivity contribution in [2.45, 2.75) is 13.5 Å². The van der Waals surface area contributed by atoms with E-state index in [2.05, 4.69) is 21.2 Å². The molecule has 0 bridgehead atoms. The molecule has 2 aromatic rings. The second-order valence-electron chi connectivity index (χ2n) is 4.24. The van der Waals surface area contributed by atoms with Crippen molar-refractivity contribution in [2.24, 2.45) is 0 Å². The Hall–Kier alpha value is -2.08. The van der Waals surface area contributed by atoms with Crippen LogP contribution >= 0.6 is 15.9 Å². The average molecular weight is 336 g/mol. The van der Waals surface area contributed by atoms with E-state index in [4.69, 9.17) is 5.73 Å².